The van der Waals surface area contributed by atoms with Crippen LogP contribution in [0.5, 0.6) is 0 Å². The number of nitrogens with two attached hydrogens (primary N) is 1. The third kappa shape index (κ3) is 3.26. The van der Waals surface area contributed by atoms with E-state index in [9.17, 15) is 10.1 Å². The summed E-state index contributed by atoms with van der Waals surface area (Å²) in [6.07, 6.45) is 0. The first-order chi connectivity index (χ1) is 7.65. The van der Waals surface area contributed by atoms with Gasteiger partial charge in [-0.3, -0.25) is 10.1 Å². The number of hydrogen-bond donors (Lipinski definition) is 2. The molecule has 0 aliphatic rings. The van der Waals surface area contributed by atoms with E-state index in [4.69, 9.17) is 5.73 Å². The molecule has 0 heterocycles. The molecule has 0 saturated carbocycles. The summed E-state index contributed by atoms with van der Waals surface area (Å²) in [5.74, 6) is 5.60. The Labute approximate surface area is 93.8 Å². The van der Waals surface area contributed by atoms with Gasteiger partial charge in [-0.1, -0.05) is 12.0 Å². The van der Waals surface area contributed by atoms with Gasteiger partial charge < -0.3 is 11.1 Å². The Hall–Kier alpha value is -2.06. The molecule has 0 radical (unpaired) electrons. The van der Waals surface area contributed by atoms with Crippen LogP contribution >= 0.6 is 0 Å². The smallest absolute Gasteiger partial charge is 0.292 e. The molecule has 1 aromatic rings. The van der Waals surface area contributed by atoms with Crippen molar-refractivity contribution in [2.45, 2.75) is 13.5 Å². The Kier molecular flexibility index (Phi) is 4.30. The summed E-state index contributed by atoms with van der Waals surface area (Å²) in [4.78, 5) is 10.2. The van der Waals surface area contributed by atoms with Crippen LogP contribution in [-0.2, 0) is 6.54 Å². The minimum atomic E-state index is -0.481. The molecule has 5 heteroatoms. The van der Waals surface area contributed by atoms with E-state index in [-0.39, 0.29) is 11.4 Å². The van der Waals surface area contributed by atoms with Gasteiger partial charge in [0, 0.05) is 12.6 Å². The van der Waals surface area contributed by atoms with Crippen LogP contribution in [0.25, 0.3) is 0 Å². The van der Waals surface area contributed by atoms with E-state index in [2.05, 4.69) is 17.2 Å². The van der Waals surface area contributed by atoms with Gasteiger partial charge in [0.15, 0.2) is 0 Å². The first-order valence-electron chi connectivity index (χ1n) is 4.78. The Balaban J connectivity index is 2.70. The third-order valence-corrected chi connectivity index (χ3v) is 2.01. The fourth-order valence-corrected chi connectivity index (χ4v) is 1.22. The van der Waals surface area contributed by atoms with Crippen molar-refractivity contribution in [2.24, 2.45) is 0 Å². The van der Waals surface area contributed by atoms with E-state index in [1.807, 2.05) is 0 Å². The van der Waals surface area contributed by atoms with Crippen molar-refractivity contribution in [2.75, 3.05) is 12.3 Å². The molecule has 0 bridgehead atoms. The van der Waals surface area contributed by atoms with Gasteiger partial charge in [0.2, 0.25) is 0 Å². The lowest BCUT2D eigenvalue weighted by Gasteiger charge is -2.03. The summed E-state index contributed by atoms with van der Waals surface area (Å²) in [6, 6.07) is 4.77. The van der Waals surface area contributed by atoms with Gasteiger partial charge in [0.05, 0.1) is 11.5 Å². The maximum absolute atomic E-state index is 10.6. The number of hydrogen-bond acceptors (Lipinski definition) is 4. The lowest BCUT2D eigenvalue weighted by Crippen LogP contribution is -2.13. The van der Waals surface area contributed by atoms with Crippen LogP contribution in [0.1, 0.15) is 12.5 Å². The van der Waals surface area contributed by atoms with Gasteiger partial charge in [-0.2, -0.15) is 0 Å². The second kappa shape index (κ2) is 5.73. The van der Waals surface area contributed by atoms with Gasteiger partial charge in [-0.25, -0.2) is 0 Å². The van der Waals surface area contributed by atoms with Crippen molar-refractivity contribution < 1.29 is 4.92 Å². The molecule has 0 fully saturated rings. The van der Waals surface area contributed by atoms with E-state index in [0.29, 0.717) is 13.1 Å². The van der Waals surface area contributed by atoms with E-state index in [1.165, 1.54) is 6.07 Å². The van der Waals surface area contributed by atoms with Gasteiger partial charge in [-0.05, 0) is 18.6 Å². The van der Waals surface area contributed by atoms with Crippen molar-refractivity contribution in [1.29, 1.82) is 0 Å². The van der Waals surface area contributed by atoms with Crippen LogP contribution in [0.3, 0.4) is 0 Å². The summed E-state index contributed by atoms with van der Waals surface area (Å²) in [5.41, 5.74) is 6.43. The molecule has 1 aromatic carbocycles. The molecule has 0 atom stereocenters. The van der Waals surface area contributed by atoms with E-state index < -0.39 is 4.92 Å². The zero-order valence-electron chi connectivity index (χ0n) is 8.99. The molecular formula is C11H13N3O2. The molecule has 0 aromatic heterocycles. The summed E-state index contributed by atoms with van der Waals surface area (Å²) in [7, 11) is 0. The number of rotatable bonds is 4. The number of nitrogen functional groups attached to an aromatic ring is 1. The molecule has 0 saturated heterocycles. The second-order valence-electron chi connectivity index (χ2n) is 3.18. The summed E-state index contributed by atoms with van der Waals surface area (Å²) in [6.45, 7) is 2.86. The maximum Gasteiger partial charge on any atom is 0.292 e. The van der Waals surface area contributed by atoms with E-state index in [1.54, 1.807) is 19.1 Å². The third-order valence-electron chi connectivity index (χ3n) is 2.01. The minimum Gasteiger partial charge on any atom is -0.393 e. The quantitative estimate of drug-likeness (QED) is 0.263. The van der Waals surface area contributed by atoms with Gasteiger partial charge in [0.25, 0.3) is 5.69 Å². The molecule has 1 rings (SSSR count). The van der Waals surface area contributed by atoms with Crippen molar-refractivity contribution in [3.63, 3.8) is 0 Å². The number of nitro groups is 1. The summed E-state index contributed by atoms with van der Waals surface area (Å²) < 4.78 is 0. The van der Waals surface area contributed by atoms with Crippen molar-refractivity contribution in [3.8, 4) is 11.8 Å². The molecule has 84 valence electrons. The predicted octanol–water partition coefficient (Wildman–Crippen LogP) is 1.29. The highest BCUT2D eigenvalue weighted by atomic mass is 16.6. The summed E-state index contributed by atoms with van der Waals surface area (Å²) >= 11 is 0. The van der Waals surface area contributed by atoms with Gasteiger partial charge in [-0.15, -0.1) is 5.92 Å². The zero-order chi connectivity index (χ0) is 12.0. The minimum absolute atomic E-state index is 0.0547. The van der Waals surface area contributed by atoms with Crippen LogP contribution in [0.4, 0.5) is 11.4 Å². The van der Waals surface area contributed by atoms with Crippen molar-refractivity contribution >= 4 is 11.4 Å². The summed E-state index contributed by atoms with van der Waals surface area (Å²) in [5, 5.41) is 13.7. The SMILES string of the molecule is CC#CCNCc1ccc(N)c([N+](=O)[O-])c1. The van der Waals surface area contributed by atoms with Crippen LogP contribution in [-0.4, -0.2) is 11.5 Å². The highest BCUT2D eigenvalue weighted by Gasteiger charge is 2.11. The van der Waals surface area contributed by atoms with E-state index in [0.717, 1.165) is 5.56 Å². The fourth-order valence-electron chi connectivity index (χ4n) is 1.22. The second-order valence-corrected chi connectivity index (χ2v) is 3.18. The molecule has 3 N–H and O–H groups in total. The topological polar surface area (TPSA) is 81.2 Å². The van der Waals surface area contributed by atoms with Crippen LogP contribution in [0, 0.1) is 22.0 Å². The molecule has 0 spiro atoms. The van der Waals surface area contributed by atoms with Crippen molar-refractivity contribution in [3.05, 3.63) is 33.9 Å². The number of anilines is 1. The normalized spacial score (nSPS) is 9.31. The molecule has 0 aliphatic carbocycles. The molecule has 5 nitrogen and oxygen atoms in total. The Morgan fingerprint density at radius 2 is 2.31 bits per heavy atom. The Bertz CT molecular complexity index is 446. The zero-order valence-corrected chi connectivity index (χ0v) is 8.99. The fraction of sp³-hybridized carbons (Fsp3) is 0.273. The lowest BCUT2D eigenvalue weighted by atomic mass is 10.2. The average Bonchev–Trinajstić information content (AvgIpc) is 2.26. The largest absolute Gasteiger partial charge is 0.393 e. The standard InChI is InChI=1S/C11H13N3O2/c1-2-3-6-13-8-9-4-5-10(12)11(7-9)14(15)16/h4-5,7,13H,6,8,12H2,1H3. The molecule has 16 heavy (non-hydrogen) atoms. The average molecular weight is 219 g/mol. The highest BCUT2D eigenvalue weighted by Crippen LogP contribution is 2.21. The molecule has 0 aliphatic heterocycles. The molecule has 0 unspecified atom stereocenters. The first kappa shape index (κ1) is 12.0. The van der Waals surface area contributed by atoms with Crippen LogP contribution < -0.4 is 11.1 Å². The molecule has 0 amide bonds. The predicted molar refractivity (Wildman–Crippen MR) is 62.7 cm³/mol. The lowest BCUT2D eigenvalue weighted by molar-refractivity contribution is -0.384. The van der Waals surface area contributed by atoms with E-state index >= 15 is 0 Å². The Morgan fingerprint density at radius 1 is 1.56 bits per heavy atom. The van der Waals surface area contributed by atoms with Crippen molar-refractivity contribution in [1.82, 2.24) is 5.32 Å². The number of nitrogens with zero attached hydrogens (tertiary/aromatic N) is 1. The van der Waals surface area contributed by atoms with Gasteiger partial charge in [0.1, 0.15) is 5.69 Å². The molecular weight excluding hydrogens is 206 g/mol. The highest BCUT2D eigenvalue weighted by molar-refractivity contribution is 5.59. The maximum atomic E-state index is 10.6. The monoisotopic (exact) mass is 219 g/mol. The van der Waals surface area contributed by atoms with Gasteiger partial charge >= 0.3 is 0 Å². The van der Waals surface area contributed by atoms with Crippen LogP contribution in [0.2, 0.25) is 0 Å². The number of nitro benzene ring substituents is 1. The van der Waals surface area contributed by atoms with Crippen LogP contribution in [0.15, 0.2) is 18.2 Å². The Morgan fingerprint density at radius 3 is 2.94 bits per heavy atom. The number of nitrogens with one attached hydrogen (secondary N) is 1. The number of benzene rings is 1. The first-order valence-corrected chi connectivity index (χ1v) is 4.78.